The summed E-state index contributed by atoms with van der Waals surface area (Å²) < 4.78 is 18.2. The zero-order chi connectivity index (χ0) is 23.2. The van der Waals surface area contributed by atoms with E-state index in [1.54, 1.807) is 55.6 Å². The summed E-state index contributed by atoms with van der Waals surface area (Å²) in [6, 6.07) is 13.3. The van der Waals surface area contributed by atoms with Gasteiger partial charge in [-0.25, -0.2) is 4.98 Å². The molecule has 9 heteroatoms. The van der Waals surface area contributed by atoms with E-state index in [1.165, 1.54) is 7.11 Å². The first-order chi connectivity index (χ1) is 16.1. The lowest BCUT2D eigenvalue weighted by molar-refractivity contribution is -0.115. The molecular formula is C24H23N3O4S2. The van der Waals surface area contributed by atoms with Gasteiger partial charge in [0.2, 0.25) is 11.7 Å². The van der Waals surface area contributed by atoms with Gasteiger partial charge >= 0.3 is 0 Å². The number of carbonyl (C=O) groups is 1. The van der Waals surface area contributed by atoms with Crippen LogP contribution in [0.5, 0.6) is 17.2 Å². The summed E-state index contributed by atoms with van der Waals surface area (Å²) in [6.45, 7) is 0. The van der Waals surface area contributed by atoms with Crippen molar-refractivity contribution in [3.63, 3.8) is 0 Å². The Morgan fingerprint density at radius 1 is 1.06 bits per heavy atom. The summed E-state index contributed by atoms with van der Waals surface area (Å²) in [7, 11) is 4.64. The Morgan fingerprint density at radius 3 is 2.64 bits per heavy atom. The number of amides is 1. The maximum absolute atomic E-state index is 12.7. The number of ether oxygens (including phenoxy) is 3. The monoisotopic (exact) mass is 481 g/mol. The minimum atomic E-state index is -0.157. The number of benzene rings is 2. The van der Waals surface area contributed by atoms with Crippen molar-refractivity contribution >= 4 is 44.9 Å². The number of thioether (sulfide) groups is 1. The van der Waals surface area contributed by atoms with E-state index in [1.807, 2.05) is 36.5 Å². The number of pyridine rings is 1. The van der Waals surface area contributed by atoms with Gasteiger partial charge in [-0.2, -0.15) is 0 Å². The van der Waals surface area contributed by atoms with Gasteiger partial charge in [0.05, 0.1) is 38.0 Å². The van der Waals surface area contributed by atoms with Crippen molar-refractivity contribution in [3.8, 4) is 17.2 Å². The Balaban J connectivity index is 1.45. The van der Waals surface area contributed by atoms with Crippen LogP contribution >= 0.6 is 23.1 Å². The van der Waals surface area contributed by atoms with Crippen LogP contribution in [0.4, 0.5) is 5.69 Å². The van der Waals surface area contributed by atoms with Gasteiger partial charge < -0.3 is 19.5 Å². The topological polar surface area (TPSA) is 82.6 Å². The molecule has 1 N–H and O–H groups in total. The molecule has 33 heavy (non-hydrogen) atoms. The fourth-order valence-corrected chi connectivity index (χ4v) is 5.39. The SMILES string of the molecule is COc1ccc(CC(=O)Nc2ccc3nc(SCc4cccnc4)sc3c2)c(OC)c1OC. The van der Waals surface area contributed by atoms with Crippen LogP contribution in [0.25, 0.3) is 10.2 Å². The highest BCUT2D eigenvalue weighted by Crippen LogP contribution is 2.40. The van der Waals surface area contributed by atoms with Crippen molar-refractivity contribution in [2.24, 2.45) is 0 Å². The first-order valence-electron chi connectivity index (χ1n) is 10.1. The Morgan fingerprint density at radius 2 is 1.91 bits per heavy atom. The van der Waals surface area contributed by atoms with Gasteiger partial charge in [0.15, 0.2) is 15.8 Å². The van der Waals surface area contributed by atoms with E-state index in [0.29, 0.717) is 22.8 Å². The van der Waals surface area contributed by atoms with Gasteiger partial charge in [-0.05, 0) is 35.9 Å². The second kappa shape index (κ2) is 10.5. The first-order valence-corrected chi connectivity index (χ1v) is 11.9. The van der Waals surface area contributed by atoms with Gasteiger partial charge in [-0.3, -0.25) is 9.78 Å². The van der Waals surface area contributed by atoms with Crippen molar-refractivity contribution in [2.75, 3.05) is 26.6 Å². The highest BCUT2D eigenvalue weighted by Gasteiger charge is 2.18. The fourth-order valence-electron chi connectivity index (χ4n) is 3.35. The molecule has 2 aromatic heterocycles. The minimum Gasteiger partial charge on any atom is -0.493 e. The maximum Gasteiger partial charge on any atom is 0.228 e. The van der Waals surface area contributed by atoms with E-state index < -0.39 is 0 Å². The van der Waals surface area contributed by atoms with Crippen molar-refractivity contribution in [3.05, 3.63) is 66.0 Å². The fraction of sp³-hybridized carbons (Fsp3) is 0.208. The number of nitrogens with zero attached hydrogens (tertiary/aromatic N) is 2. The Kier molecular flexibility index (Phi) is 7.31. The molecule has 0 saturated heterocycles. The maximum atomic E-state index is 12.7. The molecule has 4 rings (SSSR count). The van der Waals surface area contributed by atoms with Crippen LogP contribution in [0.3, 0.4) is 0 Å². The molecular weight excluding hydrogens is 458 g/mol. The second-order valence-corrected chi connectivity index (χ2v) is 9.28. The normalized spacial score (nSPS) is 10.8. The van der Waals surface area contributed by atoms with Crippen LogP contribution in [-0.2, 0) is 17.0 Å². The molecule has 0 spiro atoms. The Labute approximate surface area is 200 Å². The lowest BCUT2D eigenvalue weighted by Gasteiger charge is -2.15. The number of fused-ring (bicyclic) bond motifs is 1. The standard InChI is InChI=1S/C24H23N3O4S2/c1-29-19-9-6-16(22(30-2)23(19)31-3)11-21(28)26-17-7-8-18-20(12-17)33-24(27-18)32-14-15-5-4-10-25-13-15/h4-10,12-13H,11,14H2,1-3H3,(H,26,28). The lowest BCUT2D eigenvalue weighted by Crippen LogP contribution is -2.15. The van der Waals surface area contributed by atoms with Gasteiger partial charge in [-0.1, -0.05) is 23.9 Å². The summed E-state index contributed by atoms with van der Waals surface area (Å²) >= 11 is 3.28. The number of carbonyl (C=O) groups excluding carboxylic acids is 1. The third-order valence-electron chi connectivity index (χ3n) is 4.87. The number of hydrogen-bond acceptors (Lipinski definition) is 8. The average molecular weight is 482 g/mol. The summed E-state index contributed by atoms with van der Waals surface area (Å²) in [5, 5.41) is 2.96. The summed E-state index contributed by atoms with van der Waals surface area (Å²) in [4.78, 5) is 21.6. The third kappa shape index (κ3) is 5.37. The number of anilines is 1. The van der Waals surface area contributed by atoms with Crippen LogP contribution in [0.15, 0.2) is 59.2 Å². The van der Waals surface area contributed by atoms with Crippen LogP contribution in [0.2, 0.25) is 0 Å². The molecule has 0 aliphatic carbocycles. The highest BCUT2D eigenvalue weighted by molar-refractivity contribution is 8.00. The summed E-state index contributed by atoms with van der Waals surface area (Å²) in [5.74, 6) is 2.15. The number of nitrogens with one attached hydrogen (secondary N) is 1. The minimum absolute atomic E-state index is 0.135. The molecule has 0 bridgehead atoms. The van der Waals surface area contributed by atoms with Gasteiger partial charge in [0, 0.05) is 29.4 Å². The van der Waals surface area contributed by atoms with Crippen LogP contribution in [0.1, 0.15) is 11.1 Å². The molecule has 2 heterocycles. The Hall–Kier alpha value is -3.30. The molecule has 0 fully saturated rings. The molecule has 4 aromatic rings. The van der Waals surface area contributed by atoms with Crippen molar-refractivity contribution in [1.82, 2.24) is 9.97 Å². The van der Waals surface area contributed by atoms with Crippen molar-refractivity contribution in [1.29, 1.82) is 0 Å². The third-order valence-corrected chi connectivity index (χ3v) is 7.11. The molecule has 7 nitrogen and oxygen atoms in total. The number of hydrogen-bond donors (Lipinski definition) is 1. The molecule has 0 aliphatic heterocycles. The molecule has 0 radical (unpaired) electrons. The van der Waals surface area contributed by atoms with E-state index in [2.05, 4.69) is 15.3 Å². The largest absolute Gasteiger partial charge is 0.493 e. The van der Waals surface area contributed by atoms with E-state index in [4.69, 9.17) is 14.2 Å². The van der Waals surface area contributed by atoms with E-state index >= 15 is 0 Å². The lowest BCUT2D eigenvalue weighted by atomic mass is 10.1. The Bertz CT molecular complexity index is 1260. The molecule has 1 amide bonds. The second-order valence-electron chi connectivity index (χ2n) is 7.03. The van der Waals surface area contributed by atoms with Crippen LogP contribution in [-0.4, -0.2) is 37.2 Å². The van der Waals surface area contributed by atoms with Crippen molar-refractivity contribution in [2.45, 2.75) is 16.5 Å². The van der Waals surface area contributed by atoms with Gasteiger partial charge in [0.25, 0.3) is 0 Å². The predicted molar refractivity (Wildman–Crippen MR) is 132 cm³/mol. The number of aromatic nitrogens is 2. The molecule has 0 atom stereocenters. The molecule has 170 valence electrons. The average Bonchev–Trinajstić information content (AvgIpc) is 3.25. The highest BCUT2D eigenvalue weighted by atomic mass is 32.2. The van der Waals surface area contributed by atoms with Gasteiger partial charge in [0.1, 0.15) is 0 Å². The predicted octanol–water partition coefficient (Wildman–Crippen LogP) is 5.19. The number of methoxy groups -OCH3 is 3. The van der Waals surface area contributed by atoms with Crippen molar-refractivity contribution < 1.29 is 19.0 Å². The molecule has 0 unspecified atom stereocenters. The molecule has 0 aliphatic rings. The van der Waals surface area contributed by atoms with Gasteiger partial charge in [-0.15, -0.1) is 11.3 Å². The zero-order valence-electron chi connectivity index (χ0n) is 18.5. The number of rotatable bonds is 9. The summed E-state index contributed by atoms with van der Waals surface area (Å²) in [5.41, 5.74) is 3.49. The quantitative estimate of drug-likeness (QED) is 0.329. The first kappa shape index (κ1) is 22.9. The molecule has 0 saturated carbocycles. The smallest absolute Gasteiger partial charge is 0.228 e. The van der Waals surface area contributed by atoms with Crippen LogP contribution < -0.4 is 19.5 Å². The van der Waals surface area contributed by atoms with E-state index in [0.717, 1.165) is 31.6 Å². The zero-order valence-corrected chi connectivity index (χ0v) is 20.1. The number of thiazole rings is 1. The summed E-state index contributed by atoms with van der Waals surface area (Å²) in [6.07, 6.45) is 3.76. The molecule has 2 aromatic carbocycles. The van der Waals surface area contributed by atoms with Crippen LogP contribution in [0, 0.1) is 0 Å². The van der Waals surface area contributed by atoms with E-state index in [-0.39, 0.29) is 12.3 Å². The van der Waals surface area contributed by atoms with E-state index in [9.17, 15) is 4.79 Å².